The van der Waals surface area contributed by atoms with Gasteiger partial charge in [-0.3, -0.25) is 24.6 Å². The third-order valence-corrected chi connectivity index (χ3v) is 6.21. The minimum atomic E-state index is -1.06. The first-order chi connectivity index (χ1) is 17.6. The molecule has 0 spiro atoms. The van der Waals surface area contributed by atoms with Crippen molar-refractivity contribution in [1.29, 1.82) is 0 Å². The van der Waals surface area contributed by atoms with Crippen molar-refractivity contribution >= 4 is 23.8 Å². The van der Waals surface area contributed by atoms with Gasteiger partial charge in [0.15, 0.2) is 0 Å². The van der Waals surface area contributed by atoms with Crippen molar-refractivity contribution in [2.45, 2.75) is 79.7 Å². The summed E-state index contributed by atoms with van der Waals surface area (Å²) < 4.78 is 0. The highest BCUT2D eigenvalue weighted by atomic mass is 16.5. The van der Waals surface area contributed by atoms with Gasteiger partial charge in [-0.2, -0.15) is 0 Å². The molecule has 0 bridgehead atoms. The Morgan fingerprint density at radius 2 is 1.59 bits per heavy atom. The maximum Gasteiger partial charge on any atom is 0.268 e. The summed E-state index contributed by atoms with van der Waals surface area (Å²) in [5.41, 5.74) is 2.68. The third kappa shape index (κ3) is 11.9. The van der Waals surface area contributed by atoms with E-state index >= 15 is 0 Å². The Labute approximate surface area is 223 Å². The van der Waals surface area contributed by atoms with Crippen molar-refractivity contribution in [2.75, 3.05) is 26.2 Å². The van der Waals surface area contributed by atoms with Gasteiger partial charge < -0.3 is 4.90 Å². The molecule has 0 saturated heterocycles. The molecule has 8 heteroatoms. The summed E-state index contributed by atoms with van der Waals surface area (Å²) in [4.78, 5) is 42.3. The Balaban J connectivity index is 3.31. The van der Waals surface area contributed by atoms with Crippen LogP contribution in [-0.4, -0.2) is 70.1 Å². The first-order valence-electron chi connectivity index (χ1n) is 13.6. The number of amides is 3. The van der Waals surface area contributed by atoms with E-state index in [9.17, 15) is 19.6 Å². The van der Waals surface area contributed by atoms with E-state index in [1.165, 1.54) is 10.0 Å². The largest absolute Gasteiger partial charge is 0.304 e. The maximum absolute atomic E-state index is 13.6. The number of nitrogens with zero attached hydrogens (tertiary/aromatic N) is 3. The summed E-state index contributed by atoms with van der Waals surface area (Å²) in [6.45, 7) is 15.1. The second-order valence-corrected chi connectivity index (χ2v) is 10.2. The molecule has 1 rings (SSSR count). The van der Waals surface area contributed by atoms with Crippen LogP contribution in [0.5, 0.6) is 0 Å². The van der Waals surface area contributed by atoms with E-state index in [0.29, 0.717) is 19.4 Å². The van der Waals surface area contributed by atoms with Gasteiger partial charge in [0.2, 0.25) is 11.8 Å². The highest BCUT2D eigenvalue weighted by Crippen LogP contribution is 2.19. The maximum atomic E-state index is 13.6. The molecular weight excluding hydrogens is 468 g/mol. The molecule has 208 valence electrons. The van der Waals surface area contributed by atoms with Gasteiger partial charge in [-0.25, -0.2) is 10.5 Å². The Morgan fingerprint density at radius 1 is 0.946 bits per heavy atom. The Morgan fingerprint density at radius 3 is 2.14 bits per heavy atom. The highest BCUT2D eigenvalue weighted by molar-refractivity contribution is 5.89. The minimum absolute atomic E-state index is 0.0739. The van der Waals surface area contributed by atoms with Gasteiger partial charge in [-0.15, -0.1) is 0 Å². The van der Waals surface area contributed by atoms with Gasteiger partial charge in [0.1, 0.15) is 6.04 Å². The predicted molar refractivity (Wildman–Crippen MR) is 148 cm³/mol. The zero-order valence-electron chi connectivity index (χ0n) is 23.7. The van der Waals surface area contributed by atoms with Crippen LogP contribution >= 0.6 is 0 Å². The number of hydrogen-bond acceptors (Lipinski definition) is 5. The monoisotopic (exact) mass is 516 g/mol. The van der Waals surface area contributed by atoms with E-state index in [-0.39, 0.29) is 42.9 Å². The Hall–Kier alpha value is -2.71. The van der Waals surface area contributed by atoms with E-state index in [2.05, 4.69) is 18.7 Å². The zero-order chi connectivity index (χ0) is 27.8. The van der Waals surface area contributed by atoms with Gasteiger partial charge in [-0.1, -0.05) is 84.0 Å². The van der Waals surface area contributed by atoms with Gasteiger partial charge in [-0.05, 0) is 56.3 Å². The molecule has 0 aliphatic heterocycles. The highest BCUT2D eigenvalue weighted by Gasteiger charge is 2.36. The lowest BCUT2D eigenvalue weighted by molar-refractivity contribution is -0.175. The average Bonchev–Trinajstić information content (AvgIpc) is 2.88. The van der Waals surface area contributed by atoms with E-state index in [1.807, 2.05) is 64.1 Å². The van der Waals surface area contributed by atoms with Crippen LogP contribution < -0.4 is 5.48 Å². The van der Waals surface area contributed by atoms with Gasteiger partial charge in [0, 0.05) is 19.4 Å². The SMILES string of the molecule is CCN(CC)CCCC(=O)N(CC(C)C)N(C(=O)CCC(C)C)[C@@H](CC=Cc1ccccc1)C(=O)NO. The molecule has 1 aromatic rings. The lowest BCUT2D eigenvalue weighted by Crippen LogP contribution is -2.59. The number of rotatable bonds is 16. The van der Waals surface area contributed by atoms with Gasteiger partial charge >= 0.3 is 0 Å². The molecular formula is C29H48N4O4. The van der Waals surface area contributed by atoms with Crippen molar-refractivity contribution in [3.05, 3.63) is 42.0 Å². The number of nitrogens with one attached hydrogen (secondary N) is 1. The summed E-state index contributed by atoms with van der Waals surface area (Å²) in [6, 6.07) is 8.57. The van der Waals surface area contributed by atoms with Crippen LogP contribution in [0, 0.1) is 11.8 Å². The number of benzene rings is 1. The van der Waals surface area contributed by atoms with E-state index in [4.69, 9.17) is 0 Å². The van der Waals surface area contributed by atoms with Crippen LogP contribution in [0.2, 0.25) is 0 Å². The van der Waals surface area contributed by atoms with Crippen molar-refractivity contribution in [3.63, 3.8) is 0 Å². The van der Waals surface area contributed by atoms with Crippen LogP contribution in [0.3, 0.4) is 0 Å². The summed E-state index contributed by atoms with van der Waals surface area (Å²) in [7, 11) is 0. The topological polar surface area (TPSA) is 93.2 Å². The van der Waals surface area contributed by atoms with Crippen LogP contribution in [0.15, 0.2) is 36.4 Å². The quantitative estimate of drug-likeness (QED) is 0.244. The smallest absolute Gasteiger partial charge is 0.268 e. The lowest BCUT2D eigenvalue weighted by atomic mass is 10.1. The molecule has 0 radical (unpaired) electrons. The number of hydrogen-bond donors (Lipinski definition) is 2. The second kappa shape index (κ2) is 17.7. The molecule has 8 nitrogen and oxygen atoms in total. The normalized spacial score (nSPS) is 12.4. The molecule has 0 saturated carbocycles. The lowest BCUT2D eigenvalue weighted by Gasteiger charge is -2.40. The van der Waals surface area contributed by atoms with Crippen LogP contribution in [-0.2, 0) is 14.4 Å². The standard InChI is InChI=1S/C29H48N4O4/c1-7-31(8-2)21-13-18-27(34)32(22-24(5)6)33(28(35)20-19-23(3)4)26(29(36)30-37)17-12-16-25-14-10-9-11-15-25/h9-12,14-16,23-24,26,37H,7-8,13,17-22H2,1-6H3,(H,30,36)/t26-/m0/s1. The molecule has 0 heterocycles. The number of carbonyl (C=O) groups is 3. The summed E-state index contributed by atoms with van der Waals surface area (Å²) in [6.07, 6.45) is 5.59. The molecule has 3 amide bonds. The van der Waals surface area contributed by atoms with E-state index in [0.717, 1.165) is 25.2 Å². The van der Waals surface area contributed by atoms with Crippen molar-refractivity contribution in [2.24, 2.45) is 11.8 Å². The zero-order valence-corrected chi connectivity index (χ0v) is 23.7. The molecule has 37 heavy (non-hydrogen) atoms. The summed E-state index contributed by atoms with van der Waals surface area (Å²) in [5.74, 6) is -0.850. The van der Waals surface area contributed by atoms with Gasteiger partial charge in [0.25, 0.3) is 5.91 Å². The summed E-state index contributed by atoms with van der Waals surface area (Å²) >= 11 is 0. The molecule has 0 aromatic heterocycles. The van der Waals surface area contributed by atoms with Crippen molar-refractivity contribution in [1.82, 2.24) is 20.4 Å². The molecule has 0 fully saturated rings. The molecule has 0 aliphatic carbocycles. The fourth-order valence-corrected chi connectivity index (χ4v) is 4.07. The Bertz CT molecular complexity index is 838. The fourth-order valence-electron chi connectivity index (χ4n) is 4.07. The van der Waals surface area contributed by atoms with E-state index < -0.39 is 11.9 Å². The van der Waals surface area contributed by atoms with Crippen LogP contribution in [0.4, 0.5) is 0 Å². The first-order valence-corrected chi connectivity index (χ1v) is 13.6. The molecule has 2 N–H and O–H groups in total. The van der Waals surface area contributed by atoms with E-state index in [1.54, 1.807) is 11.6 Å². The molecule has 1 aromatic carbocycles. The molecule has 1 atom stereocenters. The van der Waals surface area contributed by atoms with Crippen LogP contribution in [0.1, 0.15) is 79.2 Å². The fraction of sp³-hybridized carbons (Fsp3) is 0.621. The number of hydroxylamine groups is 1. The van der Waals surface area contributed by atoms with Gasteiger partial charge in [0.05, 0.1) is 0 Å². The minimum Gasteiger partial charge on any atom is -0.304 e. The second-order valence-electron chi connectivity index (χ2n) is 10.2. The number of hydrazine groups is 1. The van der Waals surface area contributed by atoms with Crippen LogP contribution in [0.25, 0.3) is 6.08 Å². The third-order valence-electron chi connectivity index (χ3n) is 6.21. The first kappa shape index (κ1) is 32.3. The number of carbonyl (C=O) groups excluding carboxylic acids is 3. The van der Waals surface area contributed by atoms with Crippen molar-refractivity contribution < 1.29 is 19.6 Å². The van der Waals surface area contributed by atoms with Crippen molar-refractivity contribution in [3.8, 4) is 0 Å². The average molecular weight is 517 g/mol. The predicted octanol–water partition coefficient (Wildman–Crippen LogP) is 4.75. The Kier molecular flexibility index (Phi) is 15.5. The molecule has 0 aliphatic rings. The molecule has 0 unspecified atom stereocenters. The summed E-state index contributed by atoms with van der Waals surface area (Å²) in [5, 5.41) is 12.3.